The highest BCUT2D eigenvalue weighted by Crippen LogP contribution is 2.19. The van der Waals surface area contributed by atoms with E-state index in [0.717, 1.165) is 0 Å². The van der Waals surface area contributed by atoms with Crippen LogP contribution in [0.2, 0.25) is 0 Å². The van der Waals surface area contributed by atoms with E-state index < -0.39 is 11.9 Å². The molecule has 2 N–H and O–H groups in total. The summed E-state index contributed by atoms with van der Waals surface area (Å²) >= 11 is 0. The molecule has 4 nitrogen and oxygen atoms in total. The molecule has 0 aliphatic carbocycles. The van der Waals surface area contributed by atoms with E-state index in [0.29, 0.717) is 17.7 Å². The van der Waals surface area contributed by atoms with Crippen LogP contribution in [0.3, 0.4) is 0 Å². The van der Waals surface area contributed by atoms with Gasteiger partial charge in [-0.25, -0.2) is 0 Å². The largest absolute Gasteiger partial charge is 0.481 e. The van der Waals surface area contributed by atoms with Crippen LogP contribution in [0.25, 0.3) is 0 Å². The zero-order valence-electron chi connectivity index (χ0n) is 9.36. The van der Waals surface area contributed by atoms with E-state index in [1.165, 1.54) is 0 Å². The normalized spacial score (nSPS) is 11.9. The predicted octanol–water partition coefficient (Wildman–Crippen LogP) is 2.22. The molecule has 0 aromatic heterocycles. The number of amides is 1. The second-order valence-corrected chi connectivity index (χ2v) is 3.59. The Morgan fingerprint density at radius 3 is 2.69 bits per heavy atom. The lowest BCUT2D eigenvalue weighted by Gasteiger charge is -2.09. The smallest absolute Gasteiger partial charge is 0.310 e. The van der Waals surface area contributed by atoms with E-state index in [-0.39, 0.29) is 5.91 Å². The molecule has 16 heavy (non-hydrogen) atoms. The summed E-state index contributed by atoms with van der Waals surface area (Å²) in [5, 5.41) is 11.6. The number of hydrogen-bond donors (Lipinski definition) is 2. The molecule has 0 aliphatic heterocycles. The SMILES string of the molecule is CCC(=O)Nc1cccc(C(C)C(=O)O)c1. The molecule has 0 bridgehead atoms. The molecule has 0 aliphatic rings. The van der Waals surface area contributed by atoms with E-state index in [9.17, 15) is 9.59 Å². The molecular weight excluding hydrogens is 206 g/mol. The Balaban J connectivity index is 2.86. The summed E-state index contributed by atoms with van der Waals surface area (Å²) in [5.74, 6) is -1.53. The molecule has 4 heteroatoms. The molecule has 1 rings (SSSR count). The number of benzene rings is 1. The van der Waals surface area contributed by atoms with Crippen molar-refractivity contribution in [3.8, 4) is 0 Å². The van der Waals surface area contributed by atoms with Crippen molar-refractivity contribution in [2.45, 2.75) is 26.2 Å². The van der Waals surface area contributed by atoms with Gasteiger partial charge in [-0.3, -0.25) is 9.59 Å². The number of anilines is 1. The standard InChI is InChI=1S/C12H15NO3/c1-3-11(14)13-10-6-4-5-9(7-10)8(2)12(15)16/h4-8H,3H2,1-2H3,(H,13,14)(H,15,16). The first-order valence-electron chi connectivity index (χ1n) is 5.17. The fourth-order valence-electron chi connectivity index (χ4n) is 1.28. The molecule has 1 aromatic rings. The highest BCUT2D eigenvalue weighted by Gasteiger charge is 2.13. The third kappa shape index (κ3) is 3.08. The van der Waals surface area contributed by atoms with Gasteiger partial charge in [0, 0.05) is 12.1 Å². The lowest BCUT2D eigenvalue weighted by molar-refractivity contribution is -0.138. The zero-order chi connectivity index (χ0) is 12.1. The summed E-state index contributed by atoms with van der Waals surface area (Å²) < 4.78 is 0. The van der Waals surface area contributed by atoms with Crippen molar-refractivity contribution >= 4 is 17.6 Å². The first kappa shape index (κ1) is 12.2. The molecule has 1 atom stereocenters. The van der Waals surface area contributed by atoms with Gasteiger partial charge in [0.25, 0.3) is 0 Å². The molecule has 0 radical (unpaired) electrons. The lowest BCUT2D eigenvalue weighted by Crippen LogP contribution is -2.11. The van der Waals surface area contributed by atoms with Gasteiger partial charge >= 0.3 is 5.97 Å². The number of carboxylic acid groups (broad SMARTS) is 1. The molecule has 0 saturated carbocycles. The third-order valence-electron chi connectivity index (χ3n) is 2.36. The van der Waals surface area contributed by atoms with Gasteiger partial charge in [-0.05, 0) is 24.6 Å². The maximum absolute atomic E-state index is 11.2. The van der Waals surface area contributed by atoms with Crippen molar-refractivity contribution in [3.05, 3.63) is 29.8 Å². The van der Waals surface area contributed by atoms with Crippen molar-refractivity contribution in [1.29, 1.82) is 0 Å². The molecule has 0 saturated heterocycles. The molecule has 1 unspecified atom stereocenters. The van der Waals surface area contributed by atoms with Gasteiger partial charge in [-0.2, -0.15) is 0 Å². The minimum Gasteiger partial charge on any atom is -0.481 e. The first-order valence-corrected chi connectivity index (χ1v) is 5.17. The van der Waals surface area contributed by atoms with E-state index in [1.54, 1.807) is 38.1 Å². The van der Waals surface area contributed by atoms with Gasteiger partial charge in [0.1, 0.15) is 0 Å². The Morgan fingerprint density at radius 1 is 1.44 bits per heavy atom. The predicted molar refractivity (Wildman–Crippen MR) is 61.4 cm³/mol. The average Bonchev–Trinajstić information content (AvgIpc) is 2.28. The number of carbonyl (C=O) groups excluding carboxylic acids is 1. The summed E-state index contributed by atoms with van der Waals surface area (Å²) in [6.45, 7) is 3.38. The van der Waals surface area contributed by atoms with Crippen LogP contribution in [0.15, 0.2) is 24.3 Å². The zero-order valence-corrected chi connectivity index (χ0v) is 9.36. The Hall–Kier alpha value is -1.84. The summed E-state index contributed by atoms with van der Waals surface area (Å²) in [7, 11) is 0. The van der Waals surface area contributed by atoms with Gasteiger partial charge in [0.15, 0.2) is 0 Å². The monoisotopic (exact) mass is 221 g/mol. The first-order chi connectivity index (χ1) is 7.54. The topological polar surface area (TPSA) is 66.4 Å². The number of nitrogens with one attached hydrogen (secondary N) is 1. The van der Waals surface area contributed by atoms with Crippen LogP contribution in [-0.4, -0.2) is 17.0 Å². The van der Waals surface area contributed by atoms with Crippen LogP contribution in [0.1, 0.15) is 31.7 Å². The maximum Gasteiger partial charge on any atom is 0.310 e. The van der Waals surface area contributed by atoms with Crippen molar-refractivity contribution in [2.75, 3.05) is 5.32 Å². The van der Waals surface area contributed by atoms with Crippen LogP contribution in [-0.2, 0) is 9.59 Å². The van der Waals surface area contributed by atoms with Crippen molar-refractivity contribution in [2.24, 2.45) is 0 Å². The van der Waals surface area contributed by atoms with Gasteiger partial charge in [0.2, 0.25) is 5.91 Å². The van der Waals surface area contributed by atoms with Crippen LogP contribution < -0.4 is 5.32 Å². The van der Waals surface area contributed by atoms with E-state index >= 15 is 0 Å². The van der Waals surface area contributed by atoms with Crippen molar-refractivity contribution in [1.82, 2.24) is 0 Å². The van der Waals surface area contributed by atoms with Gasteiger partial charge in [0.05, 0.1) is 5.92 Å². The number of aliphatic carboxylic acids is 1. The summed E-state index contributed by atoms with van der Waals surface area (Å²) in [6, 6.07) is 6.90. The molecule has 0 spiro atoms. The molecule has 1 amide bonds. The lowest BCUT2D eigenvalue weighted by atomic mass is 10.0. The molecule has 86 valence electrons. The Morgan fingerprint density at radius 2 is 2.12 bits per heavy atom. The second-order valence-electron chi connectivity index (χ2n) is 3.59. The molecule has 1 aromatic carbocycles. The van der Waals surface area contributed by atoms with Crippen LogP contribution in [0.5, 0.6) is 0 Å². The molecule has 0 fully saturated rings. The van der Waals surface area contributed by atoms with Crippen LogP contribution >= 0.6 is 0 Å². The second kappa shape index (κ2) is 5.30. The van der Waals surface area contributed by atoms with E-state index in [1.807, 2.05) is 0 Å². The van der Waals surface area contributed by atoms with Crippen molar-refractivity contribution in [3.63, 3.8) is 0 Å². The van der Waals surface area contributed by atoms with Crippen molar-refractivity contribution < 1.29 is 14.7 Å². The third-order valence-corrected chi connectivity index (χ3v) is 2.36. The summed E-state index contributed by atoms with van der Waals surface area (Å²) in [5.41, 5.74) is 1.32. The minimum atomic E-state index is -0.876. The van der Waals surface area contributed by atoms with Gasteiger partial charge in [-0.1, -0.05) is 19.1 Å². The fraction of sp³-hybridized carbons (Fsp3) is 0.333. The Kier molecular flexibility index (Phi) is 4.05. The maximum atomic E-state index is 11.2. The number of carbonyl (C=O) groups is 2. The minimum absolute atomic E-state index is 0.0832. The molecular formula is C12H15NO3. The van der Waals surface area contributed by atoms with Crippen LogP contribution in [0, 0.1) is 0 Å². The van der Waals surface area contributed by atoms with Gasteiger partial charge < -0.3 is 10.4 Å². The van der Waals surface area contributed by atoms with Crippen LogP contribution in [0.4, 0.5) is 5.69 Å². The number of hydrogen-bond acceptors (Lipinski definition) is 2. The van der Waals surface area contributed by atoms with E-state index in [2.05, 4.69) is 5.32 Å². The number of rotatable bonds is 4. The quantitative estimate of drug-likeness (QED) is 0.819. The summed E-state index contributed by atoms with van der Waals surface area (Å²) in [4.78, 5) is 22.0. The Bertz CT molecular complexity index is 401. The number of carboxylic acids is 1. The van der Waals surface area contributed by atoms with Gasteiger partial charge in [-0.15, -0.1) is 0 Å². The Labute approximate surface area is 94.3 Å². The fourth-order valence-corrected chi connectivity index (χ4v) is 1.28. The van der Waals surface area contributed by atoms with E-state index in [4.69, 9.17) is 5.11 Å². The average molecular weight is 221 g/mol. The highest BCUT2D eigenvalue weighted by atomic mass is 16.4. The highest BCUT2D eigenvalue weighted by molar-refractivity contribution is 5.90. The summed E-state index contributed by atoms with van der Waals surface area (Å²) in [6.07, 6.45) is 0.401. The molecule has 0 heterocycles.